The van der Waals surface area contributed by atoms with Gasteiger partial charge in [0.15, 0.2) is 0 Å². The van der Waals surface area contributed by atoms with Crippen LogP contribution < -0.4 is 0 Å². The fourth-order valence-electron chi connectivity index (χ4n) is 2.88. The third kappa shape index (κ3) is 3.46. The average Bonchev–Trinajstić information content (AvgIpc) is 2.69. The zero-order valence-corrected chi connectivity index (χ0v) is 14.7. The third-order valence-corrected chi connectivity index (χ3v) is 4.49. The van der Waals surface area contributed by atoms with Gasteiger partial charge in [0, 0.05) is 16.1 Å². The lowest BCUT2D eigenvalue weighted by Crippen LogP contribution is -1.91. The summed E-state index contributed by atoms with van der Waals surface area (Å²) in [5.74, 6) is 0.242. The molecular formula is C23H16ClNO. The minimum Gasteiger partial charge on any atom is -0.508 e. The normalized spacial score (nSPS) is 10.7. The molecule has 0 bridgehead atoms. The summed E-state index contributed by atoms with van der Waals surface area (Å²) in [7, 11) is 0. The first kappa shape index (κ1) is 16.4. The average molecular weight is 358 g/mol. The zero-order valence-electron chi connectivity index (χ0n) is 13.9. The van der Waals surface area contributed by atoms with Gasteiger partial charge in [-0.2, -0.15) is 0 Å². The molecule has 0 fully saturated rings. The SMILES string of the molecule is Oc1ccc(-c2cc(-c3ccc(Cl)cc3)cc(-c3ccccc3)n2)cc1. The first-order valence-corrected chi connectivity index (χ1v) is 8.70. The lowest BCUT2D eigenvalue weighted by molar-refractivity contribution is 0.475. The molecule has 0 spiro atoms. The van der Waals surface area contributed by atoms with Crippen LogP contribution >= 0.6 is 11.6 Å². The van der Waals surface area contributed by atoms with E-state index in [1.807, 2.05) is 54.6 Å². The minimum atomic E-state index is 0.242. The number of halogens is 1. The van der Waals surface area contributed by atoms with Gasteiger partial charge in [0.2, 0.25) is 0 Å². The van der Waals surface area contributed by atoms with Crippen molar-refractivity contribution in [3.8, 4) is 39.4 Å². The van der Waals surface area contributed by atoms with Gasteiger partial charge < -0.3 is 5.11 Å². The molecule has 0 saturated carbocycles. The number of pyridine rings is 1. The first-order chi connectivity index (χ1) is 12.7. The summed E-state index contributed by atoms with van der Waals surface area (Å²) >= 11 is 6.03. The van der Waals surface area contributed by atoms with E-state index in [2.05, 4.69) is 24.3 Å². The van der Waals surface area contributed by atoms with Crippen LogP contribution in [0.5, 0.6) is 5.75 Å². The zero-order chi connectivity index (χ0) is 17.9. The molecule has 26 heavy (non-hydrogen) atoms. The first-order valence-electron chi connectivity index (χ1n) is 8.32. The van der Waals surface area contributed by atoms with E-state index in [4.69, 9.17) is 16.6 Å². The molecule has 0 aliphatic rings. The van der Waals surface area contributed by atoms with Gasteiger partial charge in [-0.25, -0.2) is 4.98 Å². The van der Waals surface area contributed by atoms with Gasteiger partial charge in [-0.15, -0.1) is 0 Å². The fraction of sp³-hybridized carbons (Fsp3) is 0. The summed E-state index contributed by atoms with van der Waals surface area (Å²) in [6.45, 7) is 0. The lowest BCUT2D eigenvalue weighted by Gasteiger charge is -2.10. The molecule has 1 N–H and O–H groups in total. The highest BCUT2D eigenvalue weighted by Gasteiger charge is 2.09. The Balaban J connectivity index is 1.89. The van der Waals surface area contributed by atoms with Crippen molar-refractivity contribution in [2.24, 2.45) is 0 Å². The second kappa shape index (κ2) is 7.03. The van der Waals surface area contributed by atoms with Crippen LogP contribution in [-0.4, -0.2) is 10.1 Å². The molecule has 0 saturated heterocycles. The predicted octanol–water partition coefficient (Wildman–Crippen LogP) is 6.44. The van der Waals surface area contributed by atoms with Crippen molar-refractivity contribution in [2.45, 2.75) is 0 Å². The number of phenolic OH excluding ortho intramolecular Hbond substituents is 1. The Labute approximate surface area is 157 Å². The van der Waals surface area contributed by atoms with Crippen LogP contribution in [0.3, 0.4) is 0 Å². The van der Waals surface area contributed by atoms with Crippen LogP contribution in [0.4, 0.5) is 0 Å². The summed E-state index contributed by atoms with van der Waals surface area (Å²) in [4.78, 5) is 4.84. The second-order valence-electron chi connectivity index (χ2n) is 6.05. The van der Waals surface area contributed by atoms with E-state index in [1.54, 1.807) is 12.1 Å². The van der Waals surface area contributed by atoms with E-state index in [9.17, 15) is 5.11 Å². The molecule has 1 aromatic heterocycles. The topological polar surface area (TPSA) is 33.1 Å². The molecule has 0 unspecified atom stereocenters. The molecule has 3 heteroatoms. The summed E-state index contributed by atoms with van der Waals surface area (Å²) in [6.07, 6.45) is 0. The van der Waals surface area contributed by atoms with Crippen molar-refractivity contribution in [1.82, 2.24) is 4.98 Å². The van der Waals surface area contributed by atoms with E-state index in [0.717, 1.165) is 33.6 Å². The molecule has 126 valence electrons. The Morgan fingerprint density at radius 1 is 0.577 bits per heavy atom. The van der Waals surface area contributed by atoms with Crippen molar-refractivity contribution in [3.05, 3.63) is 96.0 Å². The van der Waals surface area contributed by atoms with Crippen molar-refractivity contribution in [3.63, 3.8) is 0 Å². The van der Waals surface area contributed by atoms with Crippen molar-refractivity contribution < 1.29 is 5.11 Å². The maximum atomic E-state index is 9.56. The van der Waals surface area contributed by atoms with Gasteiger partial charge >= 0.3 is 0 Å². The number of aromatic nitrogens is 1. The highest BCUT2D eigenvalue weighted by atomic mass is 35.5. The summed E-state index contributed by atoms with van der Waals surface area (Å²) < 4.78 is 0. The molecule has 4 aromatic rings. The number of rotatable bonds is 3. The number of hydrogen-bond acceptors (Lipinski definition) is 2. The molecule has 4 rings (SSSR count). The number of phenols is 1. The maximum Gasteiger partial charge on any atom is 0.115 e. The molecule has 0 amide bonds. The van der Waals surface area contributed by atoms with Crippen LogP contribution in [0.1, 0.15) is 0 Å². The molecule has 2 nitrogen and oxygen atoms in total. The third-order valence-electron chi connectivity index (χ3n) is 4.24. The van der Waals surface area contributed by atoms with Crippen molar-refractivity contribution in [1.29, 1.82) is 0 Å². The van der Waals surface area contributed by atoms with E-state index in [-0.39, 0.29) is 5.75 Å². The predicted molar refractivity (Wildman–Crippen MR) is 107 cm³/mol. The molecule has 3 aromatic carbocycles. The van der Waals surface area contributed by atoms with E-state index in [0.29, 0.717) is 5.02 Å². The van der Waals surface area contributed by atoms with Gasteiger partial charge in [0.1, 0.15) is 5.75 Å². The standard InChI is InChI=1S/C23H16ClNO/c24-20-10-6-16(7-11-20)19-14-22(17-4-2-1-3-5-17)25-23(15-19)18-8-12-21(26)13-9-18/h1-15,26H. The van der Waals surface area contributed by atoms with Gasteiger partial charge in [-0.05, 0) is 59.7 Å². The van der Waals surface area contributed by atoms with E-state index >= 15 is 0 Å². The molecular weight excluding hydrogens is 342 g/mol. The fourth-order valence-corrected chi connectivity index (χ4v) is 3.00. The minimum absolute atomic E-state index is 0.242. The number of nitrogens with zero attached hydrogens (tertiary/aromatic N) is 1. The Hall–Kier alpha value is -3.10. The van der Waals surface area contributed by atoms with Crippen LogP contribution in [0.15, 0.2) is 91.0 Å². The second-order valence-corrected chi connectivity index (χ2v) is 6.48. The molecule has 0 aliphatic carbocycles. The number of benzene rings is 3. The molecule has 0 radical (unpaired) electrons. The summed E-state index contributed by atoms with van der Waals surface area (Å²) in [6, 6.07) is 29.1. The number of hydrogen-bond donors (Lipinski definition) is 1. The van der Waals surface area contributed by atoms with Crippen molar-refractivity contribution >= 4 is 11.6 Å². The maximum absolute atomic E-state index is 9.56. The Bertz CT molecular complexity index is 962. The van der Waals surface area contributed by atoms with Crippen LogP contribution in [0, 0.1) is 0 Å². The van der Waals surface area contributed by atoms with Crippen LogP contribution in [-0.2, 0) is 0 Å². The monoisotopic (exact) mass is 357 g/mol. The van der Waals surface area contributed by atoms with E-state index < -0.39 is 0 Å². The van der Waals surface area contributed by atoms with E-state index in [1.165, 1.54) is 0 Å². The van der Waals surface area contributed by atoms with Gasteiger partial charge in [-0.3, -0.25) is 0 Å². The summed E-state index contributed by atoms with van der Waals surface area (Å²) in [5, 5.41) is 10.3. The van der Waals surface area contributed by atoms with Gasteiger partial charge in [0.05, 0.1) is 11.4 Å². The molecule has 0 atom stereocenters. The van der Waals surface area contributed by atoms with Crippen molar-refractivity contribution in [2.75, 3.05) is 0 Å². The summed E-state index contributed by atoms with van der Waals surface area (Å²) in [5.41, 5.74) is 5.92. The van der Waals surface area contributed by atoms with Gasteiger partial charge in [-0.1, -0.05) is 54.1 Å². The smallest absolute Gasteiger partial charge is 0.115 e. The van der Waals surface area contributed by atoms with Gasteiger partial charge in [0.25, 0.3) is 0 Å². The highest BCUT2D eigenvalue weighted by Crippen LogP contribution is 2.31. The molecule has 0 aliphatic heterocycles. The quantitative estimate of drug-likeness (QED) is 0.457. The Morgan fingerprint density at radius 2 is 1.12 bits per heavy atom. The van der Waals surface area contributed by atoms with Crippen LogP contribution in [0.25, 0.3) is 33.6 Å². The molecule has 1 heterocycles. The highest BCUT2D eigenvalue weighted by molar-refractivity contribution is 6.30. The lowest BCUT2D eigenvalue weighted by atomic mass is 10.00. The Morgan fingerprint density at radius 3 is 1.73 bits per heavy atom. The van der Waals surface area contributed by atoms with Crippen LogP contribution in [0.2, 0.25) is 5.02 Å². The number of aromatic hydroxyl groups is 1. The Kier molecular flexibility index (Phi) is 4.42. The largest absolute Gasteiger partial charge is 0.508 e.